The van der Waals surface area contributed by atoms with Crippen LogP contribution in [0.4, 0.5) is 11.7 Å². The normalized spacial score (nSPS) is 24.8. The number of carbonyl (C=O) groups is 1. The minimum absolute atomic E-state index is 0.0845. The van der Waals surface area contributed by atoms with Gasteiger partial charge in [-0.2, -0.15) is 4.98 Å². The van der Waals surface area contributed by atoms with Crippen molar-refractivity contribution in [2.75, 3.05) is 19.5 Å². The lowest BCUT2D eigenvalue weighted by Gasteiger charge is -2.45. The lowest BCUT2D eigenvalue weighted by molar-refractivity contribution is 0.0800. The van der Waals surface area contributed by atoms with E-state index in [0.29, 0.717) is 46.3 Å². The van der Waals surface area contributed by atoms with Gasteiger partial charge < -0.3 is 25.1 Å². The lowest BCUT2D eigenvalue weighted by Crippen LogP contribution is -2.53. The Morgan fingerprint density at radius 3 is 2.62 bits per heavy atom. The van der Waals surface area contributed by atoms with E-state index in [1.54, 1.807) is 7.11 Å². The maximum Gasteiger partial charge on any atom is 0.300 e. The molecule has 0 radical (unpaired) electrons. The van der Waals surface area contributed by atoms with Gasteiger partial charge in [0.2, 0.25) is 0 Å². The summed E-state index contributed by atoms with van der Waals surface area (Å²) in [5, 5.41) is 9.96. The first-order chi connectivity index (χ1) is 15.7. The summed E-state index contributed by atoms with van der Waals surface area (Å²) in [4.78, 5) is 17.8. The van der Waals surface area contributed by atoms with Crippen molar-refractivity contribution in [2.45, 2.75) is 44.2 Å². The number of aromatic nitrogens is 1. The van der Waals surface area contributed by atoms with Crippen LogP contribution in [0.25, 0.3) is 11.1 Å². The molecule has 2 unspecified atom stereocenters. The van der Waals surface area contributed by atoms with Gasteiger partial charge in [0.25, 0.3) is 11.9 Å². The van der Waals surface area contributed by atoms with Crippen LogP contribution in [-0.2, 0) is 0 Å². The van der Waals surface area contributed by atoms with Crippen molar-refractivity contribution in [3.8, 4) is 5.75 Å². The zero-order chi connectivity index (χ0) is 22.1. The largest absolute Gasteiger partial charge is 0.495 e. The third-order valence-corrected chi connectivity index (χ3v) is 7.02. The van der Waals surface area contributed by atoms with Crippen molar-refractivity contribution in [1.82, 2.24) is 15.6 Å². The second-order valence-electron chi connectivity index (χ2n) is 8.90. The van der Waals surface area contributed by atoms with Crippen LogP contribution >= 0.6 is 0 Å². The number of amides is 1. The summed E-state index contributed by atoms with van der Waals surface area (Å²) in [6.45, 7) is 0. The Bertz CT molecular complexity index is 1100. The van der Waals surface area contributed by atoms with E-state index < -0.39 is 0 Å². The highest BCUT2D eigenvalue weighted by Crippen LogP contribution is 2.40. The molecule has 1 heterocycles. The molecular formula is C25H30N4O3. The van der Waals surface area contributed by atoms with E-state index in [-0.39, 0.29) is 11.9 Å². The van der Waals surface area contributed by atoms with Crippen LogP contribution in [0.2, 0.25) is 0 Å². The molecule has 2 fully saturated rings. The molecule has 2 atom stereocenters. The zero-order valence-corrected chi connectivity index (χ0v) is 18.6. The molecule has 2 aliphatic carbocycles. The average molecular weight is 435 g/mol. The van der Waals surface area contributed by atoms with Crippen molar-refractivity contribution in [2.24, 2.45) is 11.8 Å². The number of carbonyl (C=O) groups excluding carboxylic acids is 1. The summed E-state index contributed by atoms with van der Waals surface area (Å²) in [6.07, 6.45) is 5.84. The highest BCUT2D eigenvalue weighted by molar-refractivity contribution is 6.04. The molecule has 2 aliphatic rings. The molecule has 7 heteroatoms. The fourth-order valence-corrected chi connectivity index (χ4v) is 5.64. The van der Waals surface area contributed by atoms with Gasteiger partial charge in [-0.25, -0.2) is 0 Å². The quantitative estimate of drug-likeness (QED) is 0.530. The molecule has 2 bridgehead atoms. The molecule has 0 saturated heterocycles. The Kier molecular flexibility index (Phi) is 5.74. The van der Waals surface area contributed by atoms with Crippen molar-refractivity contribution >= 4 is 28.7 Å². The average Bonchev–Trinajstić information content (AvgIpc) is 3.21. The zero-order valence-electron chi connectivity index (χ0n) is 18.6. The Hall–Kier alpha value is -3.06. The monoisotopic (exact) mass is 434 g/mol. The predicted octanol–water partition coefficient (Wildman–Crippen LogP) is 4.48. The van der Waals surface area contributed by atoms with E-state index >= 15 is 0 Å². The molecule has 168 valence electrons. The van der Waals surface area contributed by atoms with E-state index in [1.807, 2.05) is 42.5 Å². The lowest BCUT2D eigenvalue weighted by atomic mass is 9.67. The van der Waals surface area contributed by atoms with Crippen LogP contribution in [0.5, 0.6) is 5.75 Å². The number of oxazole rings is 1. The number of nitrogens with one attached hydrogen (secondary N) is 3. The minimum Gasteiger partial charge on any atom is -0.495 e. The topological polar surface area (TPSA) is 88.4 Å². The molecule has 2 aromatic carbocycles. The summed E-state index contributed by atoms with van der Waals surface area (Å²) in [5.74, 6) is 1.88. The molecule has 3 N–H and O–H groups in total. The fourth-order valence-electron chi connectivity index (χ4n) is 5.64. The van der Waals surface area contributed by atoms with Gasteiger partial charge in [0.05, 0.1) is 18.4 Å². The molecular weight excluding hydrogens is 404 g/mol. The van der Waals surface area contributed by atoms with Crippen LogP contribution in [0.3, 0.4) is 0 Å². The second kappa shape index (κ2) is 8.82. The van der Waals surface area contributed by atoms with Gasteiger partial charge in [-0.05, 0) is 68.8 Å². The Morgan fingerprint density at radius 1 is 1.09 bits per heavy atom. The van der Waals surface area contributed by atoms with Gasteiger partial charge in [0, 0.05) is 12.1 Å². The van der Waals surface area contributed by atoms with Gasteiger partial charge in [-0.15, -0.1) is 0 Å². The first kappa shape index (κ1) is 20.8. The number of methoxy groups -OCH3 is 1. The Labute approximate surface area is 187 Å². The molecule has 7 nitrogen and oxygen atoms in total. The Morgan fingerprint density at radius 2 is 1.88 bits per heavy atom. The van der Waals surface area contributed by atoms with Gasteiger partial charge >= 0.3 is 0 Å². The van der Waals surface area contributed by atoms with Gasteiger partial charge in [0.15, 0.2) is 5.58 Å². The van der Waals surface area contributed by atoms with E-state index in [0.717, 1.165) is 18.5 Å². The number of hydrogen-bond acceptors (Lipinski definition) is 6. The van der Waals surface area contributed by atoms with Crippen molar-refractivity contribution in [3.63, 3.8) is 0 Å². The SMILES string of the molecule is CNC1C2CCCC1CC(NC(=O)c1cccc3oc(Nc4ccccc4OC)nc13)C2. The van der Waals surface area contributed by atoms with Crippen LogP contribution in [0.15, 0.2) is 46.9 Å². The van der Waals surface area contributed by atoms with Crippen LogP contribution in [0.1, 0.15) is 42.5 Å². The molecule has 0 aliphatic heterocycles. The van der Waals surface area contributed by atoms with E-state index in [9.17, 15) is 4.79 Å². The van der Waals surface area contributed by atoms with Crippen LogP contribution in [0, 0.1) is 11.8 Å². The number of rotatable bonds is 6. The van der Waals surface area contributed by atoms with Gasteiger partial charge in [-0.1, -0.05) is 24.6 Å². The predicted molar refractivity (Wildman–Crippen MR) is 124 cm³/mol. The molecule has 5 rings (SSSR count). The van der Waals surface area contributed by atoms with Crippen molar-refractivity contribution in [1.29, 1.82) is 0 Å². The maximum atomic E-state index is 13.2. The molecule has 32 heavy (non-hydrogen) atoms. The summed E-state index contributed by atoms with van der Waals surface area (Å²) in [7, 11) is 3.68. The third kappa shape index (κ3) is 3.93. The molecule has 3 aromatic rings. The number of benzene rings is 2. The van der Waals surface area contributed by atoms with Crippen molar-refractivity contribution in [3.05, 3.63) is 48.0 Å². The van der Waals surface area contributed by atoms with Crippen molar-refractivity contribution < 1.29 is 13.9 Å². The van der Waals surface area contributed by atoms with E-state index in [2.05, 4.69) is 28.0 Å². The number of nitrogens with zero attached hydrogens (tertiary/aromatic N) is 1. The minimum atomic E-state index is -0.0845. The summed E-state index contributed by atoms with van der Waals surface area (Å²) in [5.41, 5.74) is 2.43. The van der Waals surface area contributed by atoms with Gasteiger partial charge in [-0.3, -0.25) is 4.79 Å². The Balaban J connectivity index is 1.35. The second-order valence-corrected chi connectivity index (χ2v) is 8.90. The molecule has 0 spiro atoms. The first-order valence-electron chi connectivity index (χ1n) is 11.4. The summed E-state index contributed by atoms with van der Waals surface area (Å²) < 4.78 is 11.3. The number of anilines is 2. The number of ether oxygens (including phenoxy) is 1. The van der Waals surface area contributed by atoms with E-state index in [4.69, 9.17) is 9.15 Å². The highest BCUT2D eigenvalue weighted by atomic mass is 16.5. The first-order valence-corrected chi connectivity index (χ1v) is 11.4. The number of para-hydroxylation sites is 3. The highest BCUT2D eigenvalue weighted by Gasteiger charge is 2.39. The number of fused-ring (bicyclic) bond motifs is 3. The fraction of sp³-hybridized carbons (Fsp3) is 0.440. The van der Waals surface area contributed by atoms with Crippen LogP contribution in [-0.4, -0.2) is 37.1 Å². The third-order valence-electron chi connectivity index (χ3n) is 7.02. The molecule has 1 aromatic heterocycles. The van der Waals surface area contributed by atoms with E-state index in [1.165, 1.54) is 19.3 Å². The van der Waals surface area contributed by atoms with Gasteiger partial charge in [0.1, 0.15) is 11.3 Å². The number of hydrogen-bond donors (Lipinski definition) is 3. The molecule has 2 saturated carbocycles. The summed E-state index contributed by atoms with van der Waals surface area (Å²) >= 11 is 0. The summed E-state index contributed by atoms with van der Waals surface area (Å²) in [6, 6.07) is 14.1. The smallest absolute Gasteiger partial charge is 0.300 e. The maximum absolute atomic E-state index is 13.2. The van der Waals surface area contributed by atoms with Crippen LogP contribution < -0.4 is 20.7 Å². The molecule has 1 amide bonds. The standard InChI is InChI=1S/C25H30N4O3/c1-26-22-15-7-5-8-16(22)14-17(13-15)27-24(30)18-9-6-12-21-23(18)29-25(32-21)28-19-10-3-4-11-20(19)31-2/h3-4,6,9-12,15-17,22,26H,5,7-8,13-14H2,1-2H3,(H,27,30)(H,28,29).